The van der Waals surface area contributed by atoms with E-state index < -0.39 is 36.7 Å². The van der Waals surface area contributed by atoms with Crippen LogP contribution < -0.4 is 5.11 Å². The summed E-state index contributed by atoms with van der Waals surface area (Å²) < 4.78 is 4.28. The third-order valence-corrected chi connectivity index (χ3v) is 1.82. The second kappa shape index (κ2) is 3.56. The van der Waals surface area contributed by atoms with Gasteiger partial charge in [-0.3, -0.25) is 0 Å². The predicted octanol–water partition coefficient (Wildman–Crippen LogP) is -4.46. The minimum Gasteiger partial charge on any atom is -0.547 e. The minimum absolute atomic E-state index is 1.73. The quantitative estimate of drug-likeness (QED) is 0.330. The number of hydrogen-bond donors (Lipinski definition) is 4. The van der Waals surface area contributed by atoms with Crippen LogP contribution in [-0.4, -0.2) is 57.1 Å². The van der Waals surface area contributed by atoms with Gasteiger partial charge in [0.05, 0.1) is 5.97 Å². The fourth-order valence-electron chi connectivity index (χ4n) is 1.06. The van der Waals surface area contributed by atoms with Gasteiger partial charge in [-0.15, -0.1) is 0 Å². The zero-order valence-electron chi connectivity index (χ0n) is 6.40. The van der Waals surface area contributed by atoms with Gasteiger partial charge < -0.3 is 35.1 Å². The third-order valence-electron chi connectivity index (χ3n) is 1.82. The number of aliphatic hydroxyl groups is 4. The van der Waals surface area contributed by atoms with E-state index in [0.29, 0.717) is 0 Å². The van der Waals surface area contributed by atoms with Gasteiger partial charge in [-0.05, 0) is 0 Å². The summed E-state index contributed by atoms with van der Waals surface area (Å²) in [5.74, 6) is -1.77. The van der Waals surface area contributed by atoms with Crippen molar-refractivity contribution >= 4 is 5.97 Å². The first-order valence-corrected chi connectivity index (χ1v) is 3.53. The Balaban J connectivity index is 2.76. The Morgan fingerprint density at radius 2 is 1.62 bits per heavy atom. The van der Waals surface area contributed by atoms with Crippen LogP contribution in [-0.2, 0) is 9.53 Å². The molecule has 0 saturated carbocycles. The molecule has 1 fully saturated rings. The highest BCUT2D eigenvalue weighted by molar-refractivity contribution is 5.71. The first-order valence-electron chi connectivity index (χ1n) is 3.53. The maximum Gasteiger partial charge on any atom is 0.184 e. The zero-order chi connectivity index (χ0) is 10.2. The zero-order valence-corrected chi connectivity index (χ0v) is 6.40. The molecule has 7 nitrogen and oxygen atoms in total. The van der Waals surface area contributed by atoms with E-state index in [2.05, 4.69) is 4.74 Å². The number of aliphatic carboxylic acids is 1. The van der Waals surface area contributed by atoms with Crippen molar-refractivity contribution < 1.29 is 35.1 Å². The number of hydrogen-bond acceptors (Lipinski definition) is 7. The lowest BCUT2D eigenvalue weighted by molar-refractivity contribution is -0.345. The van der Waals surface area contributed by atoms with Gasteiger partial charge in [0.15, 0.2) is 6.29 Å². The van der Waals surface area contributed by atoms with Crippen LogP contribution in [0.4, 0.5) is 0 Å². The van der Waals surface area contributed by atoms with Crippen molar-refractivity contribution in [3.05, 3.63) is 0 Å². The Morgan fingerprint density at radius 1 is 1.08 bits per heavy atom. The van der Waals surface area contributed by atoms with Gasteiger partial charge in [-0.2, -0.15) is 0 Å². The maximum absolute atomic E-state index is 10.3. The lowest BCUT2D eigenvalue weighted by Gasteiger charge is -2.38. The van der Waals surface area contributed by atoms with Crippen LogP contribution in [0.15, 0.2) is 0 Å². The first-order chi connectivity index (χ1) is 5.95. The molecule has 1 aliphatic rings. The molecule has 0 aromatic heterocycles. The number of carboxylic acids is 1. The molecule has 7 heteroatoms. The largest absolute Gasteiger partial charge is 0.547 e. The Hall–Kier alpha value is -0.730. The van der Waals surface area contributed by atoms with Crippen molar-refractivity contribution in [1.82, 2.24) is 0 Å². The molecule has 0 spiro atoms. The van der Waals surface area contributed by atoms with Crippen LogP contribution >= 0.6 is 0 Å². The van der Waals surface area contributed by atoms with Crippen LogP contribution in [0, 0.1) is 0 Å². The average Bonchev–Trinajstić information content (AvgIpc) is 2.07. The van der Waals surface area contributed by atoms with Gasteiger partial charge in [-0.25, -0.2) is 0 Å². The van der Waals surface area contributed by atoms with Gasteiger partial charge >= 0.3 is 0 Å². The number of carboxylic acid groups (broad SMARTS) is 1. The van der Waals surface area contributed by atoms with Crippen LogP contribution in [0.5, 0.6) is 0 Å². The van der Waals surface area contributed by atoms with Crippen molar-refractivity contribution in [3.63, 3.8) is 0 Å². The number of ether oxygens (including phenoxy) is 1. The van der Waals surface area contributed by atoms with Crippen LogP contribution in [0.2, 0.25) is 0 Å². The molecule has 1 heterocycles. The van der Waals surface area contributed by atoms with Gasteiger partial charge in [0.1, 0.15) is 24.4 Å². The summed E-state index contributed by atoms with van der Waals surface area (Å²) in [6, 6.07) is 0. The first kappa shape index (κ1) is 10.4. The highest BCUT2D eigenvalue weighted by Gasteiger charge is 2.43. The molecule has 0 aromatic carbocycles. The molecule has 0 unspecified atom stereocenters. The molecule has 4 N–H and O–H groups in total. The summed E-state index contributed by atoms with van der Waals surface area (Å²) >= 11 is 0. The average molecular weight is 193 g/mol. The smallest absolute Gasteiger partial charge is 0.184 e. The molecular formula is C6H9O7-. The highest BCUT2D eigenvalue weighted by atomic mass is 16.6. The summed E-state index contributed by atoms with van der Waals surface area (Å²) in [6.45, 7) is 0. The molecule has 0 aromatic rings. The van der Waals surface area contributed by atoms with Crippen LogP contribution in [0.3, 0.4) is 0 Å². The molecule has 1 saturated heterocycles. The SMILES string of the molecule is O=C([O-])[C@@H]1O[C@@H](O)[C@@H](O)[C@@H](O)[C@@H]1O. The van der Waals surface area contributed by atoms with Gasteiger partial charge in [-0.1, -0.05) is 0 Å². The molecule has 13 heavy (non-hydrogen) atoms. The van der Waals surface area contributed by atoms with Crippen LogP contribution in [0.25, 0.3) is 0 Å². The Bertz CT molecular complexity index is 205. The van der Waals surface area contributed by atoms with E-state index in [1.807, 2.05) is 0 Å². The Kier molecular flexibility index (Phi) is 2.84. The van der Waals surface area contributed by atoms with Crippen molar-refractivity contribution in [2.75, 3.05) is 0 Å². The van der Waals surface area contributed by atoms with Gasteiger partial charge in [0.2, 0.25) is 0 Å². The topological polar surface area (TPSA) is 130 Å². The Labute approximate surface area is 72.8 Å². The number of rotatable bonds is 1. The normalized spacial score (nSPS) is 46.0. The summed E-state index contributed by atoms with van der Waals surface area (Å²) in [6.07, 6.45) is -9.00. The summed E-state index contributed by atoms with van der Waals surface area (Å²) in [5, 5.41) is 46.1. The monoisotopic (exact) mass is 193 g/mol. The summed E-state index contributed by atoms with van der Waals surface area (Å²) in [7, 11) is 0. The molecule has 5 atom stereocenters. The number of carbonyl (C=O) groups is 1. The predicted molar refractivity (Wildman–Crippen MR) is 33.9 cm³/mol. The van der Waals surface area contributed by atoms with E-state index in [9.17, 15) is 9.90 Å². The standard InChI is InChI=1S/C6H10O7/c7-1-2(8)4(5(10)11)13-6(12)3(1)9/h1-4,6-9,12H,(H,10,11)/p-1/t1-,2-,3-,4+,6+/m0/s1. The summed E-state index contributed by atoms with van der Waals surface area (Å²) in [4.78, 5) is 10.3. The second-order valence-corrected chi connectivity index (χ2v) is 2.74. The molecule has 1 rings (SSSR count). The molecule has 0 bridgehead atoms. The minimum atomic E-state index is -1.85. The molecular weight excluding hydrogens is 184 g/mol. The molecule has 0 aliphatic carbocycles. The van der Waals surface area contributed by atoms with Crippen molar-refractivity contribution in [2.45, 2.75) is 30.7 Å². The third kappa shape index (κ3) is 1.79. The van der Waals surface area contributed by atoms with E-state index in [1.165, 1.54) is 0 Å². The van der Waals surface area contributed by atoms with Crippen molar-refractivity contribution in [1.29, 1.82) is 0 Å². The fraction of sp³-hybridized carbons (Fsp3) is 0.833. The molecule has 0 amide bonds. The number of carbonyl (C=O) groups excluding carboxylic acids is 1. The van der Waals surface area contributed by atoms with E-state index in [4.69, 9.17) is 20.4 Å². The molecule has 76 valence electrons. The second-order valence-electron chi connectivity index (χ2n) is 2.74. The van der Waals surface area contributed by atoms with E-state index in [0.717, 1.165) is 0 Å². The van der Waals surface area contributed by atoms with Gasteiger partial charge in [0.25, 0.3) is 0 Å². The maximum atomic E-state index is 10.3. The van der Waals surface area contributed by atoms with E-state index in [1.54, 1.807) is 0 Å². The molecule has 0 radical (unpaired) electrons. The number of aliphatic hydroxyl groups excluding tert-OH is 4. The lowest BCUT2D eigenvalue weighted by atomic mass is 9.99. The van der Waals surface area contributed by atoms with Crippen molar-refractivity contribution in [2.24, 2.45) is 0 Å². The summed E-state index contributed by atoms with van der Waals surface area (Å²) in [5.41, 5.74) is 0. The molecule has 1 aliphatic heterocycles. The highest BCUT2D eigenvalue weighted by Crippen LogP contribution is 2.19. The van der Waals surface area contributed by atoms with E-state index >= 15 is 0 Å². The van der Waals surface area contributed by atoms with E-state index in [-0.39, 0.29) is 0 Å². The van der Waals surface area contributed by atoms with Gasteiger partial charge in [0, 0.05) is 0 Å². The Morgan fingerprint density at radius 3 is 2.08 bits per heavy atom. The van der Waals surface area contributed by atoms with Crippen LogP contribution in [0.1, 0.15) is 0 Å². The lowest BCUT2D eigenvalue weighted by Crippen LogP contribution is -2.62. The van der Waals surface area contributed by atoms with Crippen molar-refractivity contribution in [3.8, 4) is 0 Å². The fourth-order valence-corrected chi connectivity index (χ4v) is 1.06.